The number of halogens is 2. The van der Waals surface area contributed by atoms with Crippen molar-refractivity contribution in [1.29, 1.82) is 0 Å². The van der Waals surface area contributed by atoms with Crippen LogP contribution < -0.4 is 14.8 Å². The van der Waals surface area contributed by atoms with E-state index in [4.69, 9.17) is 11.6 Å². The van der Waals surface area contributed by atoms with Crippen LogP contribution >= 0.6 is 11.6 Å². The van der Waals surface area contributed by atoms with Crippen LogP contribution in [0, 0.1) is 5.82 Å². The van der Waals surface area contributed by atoms with Crippen LogP contribution in [0.1, 0.15) is 16.2 Å². The van der Waals surface area contributed by atoms with Gasteiger partial charge in [0, 0.05) is 24.3 Å². The molecule has 0 atom stereocenters. The zero-order chi connectivity index (χ0) is 23.6. The third kappa shape index (κ3) is 5.28. The fraction of sp³-hybridized carbons (Fsp3) is 0.0952. The number of nitrogens with zero attached hydrogens (tertiary/aromatic N) is 3. The van der Waals surface area contributed by atoms with Crippen molar-refractivity contribution in [2.24, 2.45) is 7.05 Å². The highest BCUT2D eigenvalue weighted by Gasteiger charge is 2.19. The molecule has 0 bridgehead atoms. The van der Waals surface area contributed by atoms with Crippen LogP contribution in [0.25, 0.3) is 10.9 Å². The molecular formula is C21H18ClFN6O3S. The number of carbonyl (C=O) groups excluding carboxylic acids is 1. The van der Waals surface area contributed by atoms with Crippen molar-refractivity contribution in [1.82, 2.24) is 19.5 Å². The number of carbonyl (C=O) groups is 1. The van der Waals surface area contributed by atoms with Crippen LogP contribution in [0.2, 0.25) is 5.02 Å². The van der Waals surface area contributed by atoms with Crippen LogP contribution in [-0.4, -0.2) is 29.1 Å². The molecule has 2 aromatic heterocycles. The minimum atomic E-state index is -3.87. The first-order valence-electron chi connectivity index (χ1n) is 9.62. The Labute approximate surface area is 193 Å². The molecule has 0 spiro atoms. The molecular weight excluding hydrogens is 471 g/mol. The van der Waals surface area contributed by atoms with Gasteiger partial charge in [-0.25, -0.2) is 4.39 Å². The Bertz CT molecular complexity index is 1440. The zero-order valence-electron chi connectivity index (χ0n) is 17.2. The number of hydrogen-bond acceptors (Lipinski definition) is 5. The summed E-state index contributed by atoms with van der Waals surface area (Å²) in [5.74, 6) is -1.07. The predicted molar refractivity (Wildman–Crippen MR) is 124 cm³/mol. The Morgan fingerprint density at radius 1 is 1.12 bits per heavy atom. The standard InChI is InChI=1S/C21H18ClFN6O3S/c1-29-20(21(30)26-13-6-8-18(23)17(22)10-13)16-7-5-14(11-19(16)27-29)28-33(31,32)25-12-15-4-2-3-9-24-15/h2-11,25,28H,12H2,1H3,(H,26,30). The first kappa shape index (κ1) is 22.6. The van der Waals surface area contributed by atoms with Gasteiger partial charge < -0.3 is 5.32 Å². The highest BCUT2D eigenvalue weighted by molar-refractivity contribution is 7.90. The largest absolute Gasteiger partial charge is 0.321 e. The summed E-state index contributed by atoms with van der Waals surface area (Å²) >= 11 is 5.77. The first-order valence-corrected chi connectivity index (χ1v) is 11.5. The van der Waals surface area contributed by atoms with Crippen LogP contribution in [-0.2, 0) is 23.8 Å². The van der Waals surface area contributed by atoms with Gasteiger partial charge in [-0.15, -0.1) is 0 Å². The number of anilines is 2. The fourth-order valence-electron chi connectivity index (χ4n) is 3.16. The summed E-state index contributed by atoms with van der Waals surface area (Å²) in [5.41, 5.74) is 1.81. The molecule has 12 heteroatoms. The highest BCUT2D eigenvalue weighted by atomic mass is 35.5. The van der Waals surface area contributed by atoms with Crippen molar-refractivity contribution >= 4 is 50.0 Å². The van der Waals surface area contributed by atoms with Gasteiger partial charge in [0.1, 0.15) is 11.5 Å². The second kappa shape index (κ2) is 9.14. The topological polar surface area (TPSA) is 118 Å². The molecule has 0 saturated carbocycles. The molecule has 0 aliphatic rings. The molecule has 4 aromatic rings. The fourth-order valence-corrected chi connectivity index (χ4v) is 4.19. The van der Waals surface area contributed by atoms with Crippen molar-refractivity contribution in [3.05, 3.63) is 83.0 Å². The number of amides is 1. The van der Waals surface area contributed by atoms with Gasteiger partial charge in [0.05, 0.1) is 28.5 Å². The number of aryl methyl sites for hydroxylation is 1. The summed E-state index contributed by atoms with van der Waals surface area (Å²) in [6, 6.07) is 13.7. The molecule has 0 fully saturated rings. The monoisotopic (exact) mass is 488 g/mol. The number of fused-ring (bicyclic) bond motifs is 1. The summed E-state index contributed by atoms with van der Waals surface area (Å²) in [6.45, 7) is 0.0275. The number of rotatable bonds is 7. The Morgan fingerprint density at radius 2 is 1.91 bits per heavy atom. The van der Waals surface area contributed by atoms with Crippen LogP contribution in [0.15, 0.2) is 60.8 Å². The lowest BCUT2D eigenvalue weighted by Gasteiger charge is -2.09. The van der Waals surface area contributed by atoms with E-state index in [0.717, 1.165) is 6.07 Å². The maximum atomic E-state index is 13.4. The molecule has 4 rings (SSSR count). The van der Waals surface area contributed by atoms with Gasteiger partial charge in [-0.1, -0.05) is 17.7 Å². The lowest BCUT2D eigenvalue weighted by molar-refractivity contribution is 0.101. The van der Waals surface area contributed by atoms with Crippen LogP contribution in [0.5, 0.6) is 0 Å². The number of aromatic nitrogens is 3. The van der Waals surface area contributed by atoms with E-state index < -0.39 is 21.9 Å². The smallest absolute Gasteiger partial charge is 0.299 e. The van der Waals surface area contributed by atoms with E-state index >= 15 is 0 Å². The van der Waals surface area contributed by atoms with Gasteiger partial charge in [-0.3, -0.25) is 19.2 Å². The van der Waals surface area contributed by atoms with Crippen molar-refractivity contribution in [2.75, 3.05) is 10.0 Å². The Morgan fingerprint density at radius 3 is 2.64 bits per heavy atom. The lowest BCUT2D eigenvalue weighted by atomic mass is 10.2. The van der Waals surface area contributed by atoms with Crippen molar-refractivity contribution in [2.45, 2.75) is 6.54 Å². The SMILES string of the molecule is Cn1nc2cc(NS(=O)(=O)NCc3ccccn3)ccc2c1C(=O)Nc1ccc(F)c(Cl)c1. The van der Waals surface area contributed by atoms with E-state index in [-0.39, 0.29) is 22.9 Å². The van der Waals surface area contributed by atoms with Gasteiger partial charge in [-0.2, -0.15) is 18.2 Å². The summed E-state index contributed by atoms with van der Waals surface area (Å²) in [5, 5.41) is 7.34. The molecule has 33 heavy (non-hydrogen) atoms. The summed E-state index contributed by atoms with van der Waals surface area (Å²) in [6.07, 6.45) is 1.57. The summed E-state index contributed by atoms with van der Waals surface area (Å²) < 4.78 is 44.3. The van der Waals surface area contributed by atoms with Gasteiger partial charge >= 0.3 is 0 Å². The molecule has 0 saturated heterocycles. The molecule has 0 unspecified atom stereocenters. The highest BCUT2D eigenvalue weighted by Crippen LogP contribution is 2.24. The average Bonchev–Trinajstić information content (AvgIpc) is 3.10. The molecule has 2 aromatic carbocycles. The van der Waals surface area contributed by atoms with E-state index in [9.17, 15) is 17.6 Å². The Kier molecular flexibility index (Phi) is 6.27. The first-order chi connectivity index (χ1) is 15.7. The number of benzene rings is 2. The zero-order valence-corrected chi connectivity index (χ0v) is 18.8. The summed E-state index contributed by atoms with van der Waals surface area (Å²) in [4.78, 5) is 16.9. The van der Waals surface area contributed by atoms with Gasteiger partial charge in [0.2, 0.25) is 0 Å². The molecule has 9 nitrogen and oxygen atoms in total. The van der Waals surface area contributed by atoms with E-state index in [1.165, 1.54) is 28.9 Å². The van der Waals surface area contributed by atoms with Crippen molar-refractivity contribution in [3.63, 3.8) is 0 Å². The van der Waals surface area contributed by atoms with E-state index in [0.29, 0.717) is 22.3 Å². The number of nitrogens with one attached hydrogen (secondary N) is 3. The number of pyridine rings is 1. The van der Waals surface area contributed by atoms with Crippen molar-refractivity contribution < 1.29 is 17.6 Å². The normalized spacial score (nSPS) is 11.5. The maximum Gasteiger partial charge on any atom is 0.299 e. The van der Waals surface area contributed by atoms with Gasteiger partial charge in [0.25, 0.3) is 16.1 Å². The molecule has 1 amide bonds. The van der Waals surface area contributed by atoms with Crippen LogP contribution in [0.3, 0.4) is 0 Å². The van der Waals surface area contributed by atoms with E-state index in [1.807, 2.05) is 0 Å². The molecule has 3 N–H and O–H groups in total. The van der Waals surface area contributed by atoms with Crippen LogP contribution in [0.4, 0.5) is 15.8 Å². The average molecular weight is 489 g/mol. The molecule has 2 heterocycles. The van der Waals surface area contributed by atoms with Gasteiger partial charge in [-0.05, 0) is 48.5 Å². The van der Waals surface area contributed by atoms with E-state index in [2.05, 4.69) is 24.8 Å². The Balaban J connectivity index is 1.52. The van der Waals surface area contributed by atoms with Crippen molar-refractivity contribution in [3.8, 4) is 0 Å². The lowest BCUT2D eigenvalue weighted by Crippen LogP contribution is -2.29. The minimum absolute atomic E-state index is 0.0275. The second-order valence-electron chi connectivity index (χ2n) is 7.03. The molecule has 0 radical (unpaired) electrons. The predicted octanol–water partition coefficient (Wildman–Crippen LogP) is 3.46. The third-order valence-corrected chi connectivity index (χ3v) is 5.97. The van der Waals surface area contributed by atoms with Gasteiger partial charge in [0.15, 0.2) is 0 Å². The minimum Gasteiger partial charge on any atom is -0.321 e. The quantitative estimate of drug-likeness (QED) is 0.368. The third-order valence-electron chi connectivity index (χ3n) is 4.65. The maximum absolute atomic E-state index is 13.4. The molecule has 0 aliphatic carbocycles. The van der Waals surface area contributed by atoms with E-state index in [1.54, 1.807) is 37.5 Å². The summed E-state index contributed by atoms with van der Waals surface area (Å²) in [7, 11) is -2.28. The molecule has 0 aliphatic heterocycles. The second-order valence-corrected chi connectivity index (χ2v) is 8.94. The molecule has 170 valence electrons. The number of hydrogen-bond donors (Lipinski definition) is 3. The Hall–Kier alpha value is -3.54.